The van der Waals surface area contributed by atoms with Gasteiger partial charge in [0.1, 0.15) is 0 Å². The average molecular weight is 343 g/mol. The van der Waals surface area contributed by atoms with Gasteiger partial charge < -0.3 is 10.0 Å². The molecule has 1 N–H and O–H groups in total. The first-order valence-corrected chi connectivity index (χ1v) is 8.40. The molecular formula is C22H17NO3. The summed E-state index contributed by atoms with van der Waals surface area (Å²) in [6.45, 7) is 0. The van der Waals surface area contributed by atoms with Gasteiger partial charge in [-0.3, -0.25) is 4.79 Å². The molecule has 4 nitrogen and oxygen atoms in total. The quantitative estimate of drug-likeness (QED) is 0.732. The van der Waals surface area contributed by atoms with Crippen molar-refractivity contribution >= 4 is 11.9 Å². The summed E-state index contributed by atoms with van der Waals surface area (Å²) in [7, 11) is 0. The summed E-state index contributed by atoms with van der Waals surface area (Å²) in [5.74, 6) is -1.31. The van der Waals surface area contributed by atoms with Gasteiger partial charge in [-0.2, -0.15) is 0 Å². The molecule has 3 aromatic carbocycles. The zero-order valence-electron chi connectivity index (χ0n) is 13.9. The maximum atomic E-state index is 13.1. The van der Waals surface area contributed by atoms with E-state index in [2.05, 4.69) is 0 Å². The van der Waals surface area contributed by atoms with Crippen LogP contribution in [0.1, 0.15) is 27.5 Å². The Labute approximate surface area is 151 Å². The van der Waals surface area contributed by atoms with Gasteiger partial charge in [0, 0.05) is 5.56 Å². The van der Waals surface area contributed by atoms with Crippen LogP contribution in [-0.4, -0.2) is 21.9 Å². The third-order valence-electron chi connectivity index (χ3n) is 4.86. The number of carbonyl (C=O) groups excluding carboxylic acids is 1. The molecule has 0 aliphatic carbocycles. The van der Waals surface area contributed by atoms with Gasteiger partial charge in [-0.1, -0.05) is 78.9 Å². The van der Waals surface area contributed by atoms with E-state index in [0.29, 0.717) is 11.1 Å². The summed E-state index contributed by atoms with van der Waals surface area (Å²) in [5.41, 5.74) is 0.497. The molecule has 128 valence electrons. The molecule has 1 aliphatic heterocycles. The molecule has 2 atom stereocenters. The second-order valence-electron chi connectivity index (χ2n) is 6.29. The Hall–Kier alpha value is -3.40. The first kappa shape index (κ1) is 16.1. The number of amides is 1. The van der Waals surface area contributed by atoms with Gasteiger partial charge in [-0.15, -0.1) is 0 Å². The molecule has 1 saturated heterocycles. The Balaban J connectivity index is 1.87. The molecule has 0 aromatic heterocycles. The lowest BCUT2D eigenvalue weighted by molar-refractivity contribution is -0.141. The first-order chi connectivity index (χ1) is 12.7. The van der Waals surface area contributed by atoms with Crippen molar-refractivity contribution < 1.29 is 14.7 Å². The second-order valence-corrected chi connectivity index (χ2v) is 6.29. The monoisotopic (exact) mass is 343 g/mol. The molecule has 3 aromatic rings. The van der Waals surface area contributed by atoms with Crippen LogP contribution < -0.4 is 0 Å². The van der Waals surface area contributed by atoms with E-state index in [0.717, 1.165) is 5.56 Å². The van der Waals surface area contributed by atoms with Crippen molar-refractivity contribution in [2.24, 2.45) is 0 Å². The SMILES string of the molecule is O=C(c1ccccc1)N1[C@@H](c2ccccc2)[C@]1(C(=O)O)c1ccccc1. The molecular weight excluding hydrogens is 326 g/mol. The Bertz CT molecular complexity index is 941. The number of nitrogens with zero attached hydrogens (tertiary/aromatic N) is 1. The maximum absolute atomic E-state index is 13.1. The van der Waals surface area contributed by atoms with Crippen molar-refractivity contribution in [1.82, 2.24) is 4.90 Å². The van der Waals surface area contributed by atoms with Crippen LogP contribution >= 0.6 is 0 Å². The number of aliphatic carboxylic acids is 1. The molecule has 1 amide bonds. The molecule has 1 aliphatic rings. The molecule has 0 saturated carbocycles. The predicted octanol–water partition coefficient (Wildman–Crippen LogP) is 3.86. The lowest BCUT2D eigenvalue weighted by atomic mass is 9.91. The zero-order chi connectivity index (χ0) is 18.1. The molecule has 1 heterocycles. The van der Waals surface area contributed by atoms with E-state index in [1.165, 1.54) is 4.90 Å². The summed E-state index contributed by atoms with van der Waals surface area (Å²) in [6.07, 6.45) is 0. The Kier molecular flexibility index (Phi) is 3.81. The Morgan fingerprint density at radius 1 is 0.769 bits per heavy atom. The number of carboxylic acids is 1. The smallest absolute Gasteiger partial charge is 0.336 e. The van der Waals surface area contributed by atoms with Crippen LogP contribution in [0.25, 0.3) is 0 Å². The normalized spacial score (nSPS) is 21.2. The van der Waals surface area contributed by atoms with Crippen molar-refractivity contribution in [3.05, 3.63) is 108 Å². The molecule has 0 radical (unpaired) electrons. The summed E-state index contributed by atoms with van der Waals surface area (Å²) < 4.78 is 0. The maximum Gasteiger partial charge on any atom is 0.336 e. The van der Waals surface area contributed by atoms with Crippen LogP contribution in [0.3, 0.4) is 0 Å². The Morgan fingerprint density at radius 2 is 1.27 bits per heavy atom. The van der Waals surface area contributed by atoms with E-state index in [1.54, 1.807) is 48.5 Å². The van der Waals surface area contributed by atoms with Crippen LogP contribution in [0.2, 0.25) is 0 Å². The van der Waals surface area contributed by atoms with E-state index in [1.807, 2.05) is 42.5 Å². The average Bonchev–Trinajstić information content (AvgIpc) is 3.41. The second kappa shape index (κ2) is 6.15. The third kappa shape index (κ3) is 2.30. The van der Waals surface area contributed by atoms with Crippen molar-refractivity contribution in [2.75, 3.05) is 0 Å². The highest BCUT2D eigenvalue weighted by Crippen LogP contribution is 2.60. The standard InChI is InChI=1S/C22H17NO3/c24-20(17-12-6-2-7-13-17)23-19(16-10-4-1-5-11-16)22(23,21(25)26)18-14-8-3-9-15-18/h1-15,19H,(H,25,26)/t19-,22-,23?/m0/s1. The van der Waals surface area contributed by atoms with E-state index in [9.17, 15) is 14.7 Å². The van der Waals surface area contributed by atoms with Crippen LogP contribution in [0.5, 0.6) is 0 Å². The lowest BCUT2D eigenvalue weighted by Crippen LogP contribution is -2.30. The van der Waals surface area contributed by atoms with Crippen molar-refractivity contribution in [2.45, 2.75) is 11.6 Å². The van der Waals surface area contributed by atoms with Crippen molar-refractivity contribution in [3.8, 4) is 0 Å². The minimum absolute atomic E-state index is 0.286. The lowest BCUT2D eigenvalue weighted by Gasteiger charge is -2.13. The van der Waals surface area contributed by atoms with Gasteiger partial charge in [0.05, 0.1) is 6.04 Å². The van der Waals surface area contributed by atoms with E-state index < -0.39 is 17.6 Å². The first-order valence-electron chi connectivity index (χ1n) is 8.40. The van der Waals surface area contributed by atoms with Gasteiger partial charge in [0.15, 0.2) is 5.54 Å². The molecule has 0 bridgehead atoms. The fourth-order valence-electron chi connectivity index (χ4n) is 3.65. The minimum atomic E-state index is -1.39. The zero-order valence-corrected chi connectivity index (χ0v) is 13.9. The number of carbonyl (C=O) groups is 2. The highest BCUT2D eigenvalue weighted by Gasteiger charge is 2.72. The molecule has 0 spiro atoms. The van der Waals surface area contributed by atoms with Gasteiger partial charge in [0.25, 0.3) is 5.91 Å². The summed E-state index contributed by atoms with van der Waals surface area (Å²) in [4.78, 5) is 27.0. The van der Waals surface area contributed by atoms with Crippen LogP contribution in [-0.2, 0) is 10.3 Å². The number of carboxylic acid groups (broad SMARTS) is 1. The van der Waals surface area contributed by atoms with E-state index in [4.69, 9.17) is 0 Å². The van der Waals surface area contributed by atoms with Crippen LogP contribution in [0, 0.1) is 0 Å². The predicted molar refractivity (Wildman–Crippen MR) is 97.6 cm³/mol. The number of hydrogen-bond donors (Lipinski definition) is 1. The highest BCUT2D eigenvalue weighted by molar-refractivity contribution is 6.03. The third-order valence-corrected chi connectivity index (χ3v) is 4.86. The summed E-state index contributed by atoms with van der Waals surface area (Å²) >= 11 is 0. The number of rotatable bonds is 4. The fraction of sp³-hybridized carbons (Fsp3) is 0.0909. The van der Waals surface area contributed by atoms with Crippen LogP contribution in [0.4, 0.5) is 0 Å². The van der Waals surface area contributed by atoms with Gasteiger partial charge >= 0.3 is 5.97 Å². The number of hydrogen-bond acceptors (Lipinski definition) is 2. The molecule has 0 unspecified atom stereocenters. The molecule has 4 heteroatoms. The van der Waals surface area contributed by atoms with E-state index in [-0.39, 0.29) is 5.91 Å². The molecule has 1 fully saturated rings. The molecule has 26 heavy (non-hydrogen) atoms. The van der Waals surface area contributed by atoms with Crippen molar-refractivity contribution in [1.29, 1.82) is 0 Å². The minimum Gasteiger partial charge on any atom is -0.479 e. The van der Waals surface area contributed by atoms with Crippen LogP contribution in [0.15, 0.2) is 91.0 Å². The van der Waals surface area contributed by atoms with Gasteiger partial charge in [-0.05, 0) is 23.3 Å². The topological polar surface area (TPSA) is 57.4 Å². The largest absolute Gasteiger partial charge is 0.479 e. The summed E-state index contributed by atoms with van der Waals surface area (Å²) in [6, 6.07) is 26.5. The summed E-state index contributed by atoms with van der Waals surface area (Å²) in [5, 5.41) is 10.2. The van der Waals surface area contributed by atoms with Gasteiger partial charge in [-0.25, -0.2) is 4.79 Å². The van der Waals surface area contributed by atoms with E-state index >= 15 is 0 Å². The van der Waals surface area contributed by atoms with Crippen molar-refractivity contribution in [3.63, 3.8) is 0 Å². The number of benzene rings is 3. The highest BCUT2D eigenvalue weighted by atomic mass is 16.4. The fourth-order valence-corrected chi connectivity index (χ4v) is 3.65. The Morgan fingerprint density at radius 3 is 1.81 bits per heavy atom. The molecule has 4 rings (SSSR count). The van der Waals surface area contributed by atoms with Gasteiger partial charge in [0.2, 0.25) is 0 Å².